The summed E-state index contributed by atoms with van der Waals surface area (Å²) in [5.74, 6) is 1.70. The molecular weight excluding hydrogens is 300 g/mol. The van der Waals surface area contributed by atoms with Crippen molar-refractivity contribution in [1.29, 1.82) is 0 Å². The van der Waals surface area contributed by atoms with Crippen LogP contribution in [0.4, 0.5) is 0 Å². The summed E-state index contributed by atoms with van der Waals surface area (Å²) in [6.45, 7) is 6.34. The summed E-state index contributed by atoms with van der Waals surface area (Å²) in [6, 6.07) is 0. The van der Waals surface area contributed by atoms with Gasteiger partial charge in [0.2, 0.25) is 0 Å². The fourth-order valence-corrected chi connectivity index (χ4v) is 7.39. The van der Waals surface area contributed by atoms with E-state index in [2.05, 4.69) is 19.9 Å². The smallest absolute Gasteiger partial charge is 0.136 e. The average Bonchev–Trinajstić information content (AvgIpc) is 2.78. The molecule has 2 N–H and O–H groups in total. The Bertz CT molecular complexity index is 582. The van der Waals surface area contributed by atoms with Gasteiger partial charge in [-0.1, -0.05) is 25.5 Å². The van der Waals surface area contributed by atoms with Crippen LogP contribution < -0.4 is 0 Å². The number of carbonyl (C=O) groups is 1. The highest BCUT2D eigenvalue weighted by molar-refractivity contribution is 5.80. The Morgan fingerprint density at radius 2 is 1.92 bits per heavy atom. The molecule has 4 aliphatic carbocycles. The first-order chi connectivity index (χ1) is 11.3. The summed E-state index contributed by atoms with van der Waals surface area (Å²) in [6.07, 6.45) is 8.73. The monoisotopic (exact) mass is 332 g/mol. The van der Waals surface area contributed by atoms with Crippen molar-refractivity contribution in [3.63, 3.8) is 0 Å². The fourth-order valence-electron chi connectivity index (χ4n) is 7.39. The highest BCUT2D eigenvalue weighted by Gasteiger charge is 2.61. The quantitative estimate of drug-likeness (QED) is 0.723. The molecule has 24 heavy (non-hydrogen) atoms. The minimum atomic E-state index is -0.456. The van der Waals surface area contributed by atoms with E-state index in [-0.39, 0.29) is 28.6 Å². The Balaban J connectivity index is 1.68. The summed E-state index contributed by atoms with van der Waals surface area (Å²) in [7, 11) is 0. The van der Waals surface area contributed by atoms with Gasteiger partial charge in [0.05, 0.1) is 12.2 Å². The molecule has 0 spiro atoms. The van der Waals surface area contributed by atoms with Gasteiger partial charge in [0, 0.05) is 5.92 Å². The third-order valence-electron chi connectivity index (χ3n) is 8.54. The molecule has 0 radical (unpaired) electrons. The SMILES string of the molecule is CC(=O)[C@H]1[C@@H](O)C[C@H]2[C@@H]3CC=C4C[C@@H](O)CC[C@]4(C)[C@H]3CC[C@@]21C. The molecule has 134 valence electrons. The molecule has 0 saturated heterocycles. The molecule has 0 aromatic rings. The van der Waals surface area contributed by atoms with E-state index in [1.165, 1.54) is 5.57 Å². The van der Waals surface area contributed by atoms with Gasteiger partial charge in [-0.05, 0) is 80.5 Å². The minimum Gasteiger partial charge on any atom is -0.393 e. The number of fused-ring (bicyclic) bond motifs is 5. The lowest BCUT2D eigenvalue weighted by Gasteiger charge is -2.57. The molecule has 0 unspecified atom stereocenters. The average molecular weight is 332 g/mol. The van der Waals surface area contributed by atoms with Gasteiger partial charge in [0.15, 0.2) is 0 Å². The van der Waals surface area contributed by atoms with Crippen LogP contribution in [0.5, 0.6) is 0 Å². The standard InChI is InChI=1S/C21H32O3/c1-12(22)19-18(24)11-17-15-5-4-13-10-14(23)6-8-20(13,2)16(15)7-9-21(17,19)3/h4,14-19,23-24H,5-11H2,1-3H3/t14-,15+,16-,17-,18-,19-,20-,21-/m0/s1. The number of Topliss-reactive ketones (excluding diaryl/α,β-unsaturated/α-hetero) is 1. The summed E-state index contributed by atoms with van der Waals surface area (Å²) < 4.78 is 0. The van der Waals surface area contributed by atoms with Crippen molar-refractivity contribution in [2.24, 2.45) is 34.5 Å². The number of allylic oxidation sites excluding steroid dienone is 1. The topological polar surface area (TPSA) is 57.5 Å². The van der Waals surface area contributed by atoms with Gasteiger partial charge in [-0.15, -0.1) is 0 Å². The lowest BCUT2D eigenvalue weighted by Crippen LogP contribution is -2.51. The van der Waals surface area contributed by atoms with E-state index in [0.29, 0.717) is 17.8 Å². The van der Waals surface area contributed by atoms with Crippen LogP contribution in [0.2, 0.25) is 0 Å². The van der Waals surface area contributed by atoms with Crippen molar-refractivity contribution in [3.8, 4) is 0 Å². The zero-order valence-corrected chi connectivity index (χ0v) is 15.3. The van der Waals surface area contributed by atoms with Crippen LogP contribution in [0.1, 0.15) is 65.7 Å². The van der Waals surface area contributed by atoms with Crippen molar-refractivity contribution in [2.45, 2.75) is 77.9 Å². The van der Waals surface area contributed by atoms with Crippen LogP contribution in [0, 0.1) is 34.5 Å². The van der Waals surface area contributed by atoms with Crippen molar-refractivity contribution in [1.82, 2.24) is 0 Å². The molecule has 3 nitrogen and oxygen atoms in total. The maximum Gasteiger partial charge on any atom is 0.136 e. The van der Waals surface area contributed by atoms with E-state index in [1.54, 1.807) is 6.92 Å². The van der Waals surface area contributed by atoms with Crippen molar-refractivity contribution < 1.29 is 15.0 Å². The third kappa shape index (κ3) is 2.13. The maximum atomic E-state index is 12.2. The van der Waals surface area contributed by atoms with Gasteiger partial charge in [-0.3, -0.25) is 4.79 Å². The lowest BCUT2D eigenvalue weighted by molar-refractivity contribution is -0.130. The Morgan fingerprint density at radius 1 is 1.17 bits per heavy atom. The van der Waals surface area contributed by atoms with Crippen LogP contribution in [0.3, 0.4) is 0 Å². The van der Waals surface area contributed by atoms with Gasteiger partial charge < -0.3 is 10.2 Å². The summed E-state index contributed by atoms with van der Waals surface area (Å²) in [5, 5.41) is 20.7. The first kappa shape index (κ1) is 16.8. The van der Waals surface area contributed by atoms with Crippen molar-refractivity contribution in [3.05, 3.63) is 11.6 Å². The van der Waals surface area contributed by atoms with E-state index in [9.17, 15) is 15.0 Å². The Kier molecular flexibility index (Phi) is 3.78. The van der Waals surface area contributed by atoms with Crippen LogP contribution in [-0.4, -0.2) is 28.2 Å². The van der Waals surface area contributed by atoms with Crippen molar-refractivity contribution in [2.75, 3.05) is 0 Å². The number of aliphatic hydroxyl groups is 2. The first-order valence-corrected chi connectivity index (χ1v) is 9.83. The number of carbonyl (C=O) groups excluding carboxylic acids is 1. The van der Waals surface area contributed by atoms with Gasteiger partial charge in [0.1, 0.15) is 5.78 Å². The minimum absolute atomic E-state index is 0.0255. The normalized spacial score (nSPS) is 53.6. The van der Waals surface area contributed by atoms with Gasteiger partial charge in [-0.25, -0.2) is 0 Å². The molecule has 0 amide bonds. The molecule has 4 aliphatic rings. The second kappa shape index (κ2) is 5.41. The van der Waals surface area contributed by atoms with Crippen LogP contribution >= 0.6 is 0 Å². The number of hydrogen-bond donors (Lipinski definition) is 2. The van der Waals surface area contributed by atoms with E-state index in [1.807, 2.05) is 0 Å². The van der Waals surface area contributed by atoms with E-state index in [4.69, 9.17) is 0 Å². The Labute approximate surface area is 145 Å². The van der Waals surface area contributed by atoms with E-state index >= 15 is 0 Å². The number of rotatable bonds is 1. The molecule has 3 heteroatoms. The largest absolute Gasteiger partial charge is 0.393 e. The number of ketones is 1. The third-order valence-corrected chi connectivity index (χ3v) is 8.54. The van der Waals surface area contributed by atoms with Crippen LogP contribution in [0.15, 0.2) is 11.6 Å². The van der Waals surface area contributed by atoms with Crippen molar-refractivity contribution >= 4 is 5.78 Å². The summed E-state index contributed by atoms with van der Waals surface area (Å²) in [5.41, 5.74) is 1.68. The fraction of sp³-hybridized carbons (Fsp3) is 0.857. The molecule has 0 aromatic carbocycles. The predicted molar refractivity (Wildman–Crippen MR) is 93.3 cm³/mol. The molecule has 3 saturated carbocycles. The second-order valence-corrected chi connectivity index (χ2v) is 9.59. The zero-order valence-electron chi connectivity index (χ0n) is 15.3. The molecule has 8 atom stereocenters. The molecule has 4 rings (SSSR count). The van der Waals surface area contributed by atoms with Gasteiger partial charge in [0.25, 0.3) is 0 Å². The first-order valence-electron chi connectivity index (χ1n) is 9.83. The Hall–Kier alpha value is -0.670. The molecular formula is C21H32O3. The zero-order chi connectivity index (χ0) is 17.3. The van der Waals surface area contributed by atoms with Crippen LogP contribution in [0.25, 0.3) is 0 Å². The summed E-state index contributed by atoms with van der Waals surface area (Å²) >= 11 is 0. The molecule has 0 bridgehead atoms. The lowest BCUT2D eigenvalue weighted by atomic mass is 9.47. The number of hydrogen-bond acceptors (Lipinski definition) is 3. The molecule has 0 heterocycles. The van der Waals surface area contributed by atoms with Gasteiger partial charge >= 0.3 is 0 Å². The van der Waals surface area contributed by atoms with E-state index < -0.39 is 6.10 Å². The highest BCUT2D eigenvalue weighted by atomic mass is 16.3. The summed E-state index contributed by atoms with van der Waals surface area (Å²) in [4.78, 5) is 12.2. The van der Waals surface area contributed by atoms with Crippen LogP contribution in [-0.2, 0) is 4.79 Å². The predicted octanol–water partition coefficient (Wildman–Crippen LogP) is 3.49. The number of aliphatic hydroxyl groups excluding tert-OH is 2. The van der Waals surface area contributed by atoms with E-state index in [0.717, 1.165) is 44.9 Å². The highest BCUT2D eigenvalue weighted by Crippen LogP contribution is 2.66. The van der Waals surface area contributed by atoms with Gasteiger partial charge in [-0.2, -0.15) is 0 Å². The molecule has 0 aromatic heterocycles. The Morgan fingerprint density at radius 3 is 2.62 bits per heavy atom. The second-order valence-electron chi connectivity index (χ2n) is 9.59. The maximum absolute atomic E-state index is 12.2. The molecule has 3 fully saturated rings. The molecule has 0 aliphatic heterocycles.